The highest BCUT2D eigenvalue weighted by Gasteiger charge is 2.53. The number of rotatable bonds is 21. The quantitative estimate of drug-likeness (QED) is 0.121. The average Bonchev–Trinajstić information content (AvgIpc) is 3.56. The molecule has 1 aliphatic heterocycles. The van der Waals surface area contributed by atoms with Gasteiger partial charge in [0.15, 0.2) is 16.6 Å². The molecular formula is C22H58O10Si7. The summed E-state index contributed by atoms with van der Waals surface area (Å²) in [5.74, 6) is 0. The molecule has 0 aromatic carbocycles. The van der Waals surface area contributed by atoms with Gasteiger partial charge in [-0.25, -0.2) is 0 Å². The Morgan fingerprint density at radius 2 is 1.31 bits per heavy atom. The van der Waals surface area contributed by atoms with Crippen molar-refractivity contribution in [3.8, 4) is 0 Å². The highest BCUT2D eigenvalue weighted by molar-refractivity contribution is 6.90. The summed E-state index contributed by atoms with van der Waals surface area (Å²) in [5.41, 5.74) is -0.168. The van der Waals surface area contributed by atoms with Gasteiger partial charge in [-0.2, -0.15) is 0 Å². The van der Waals surface area contributed by atoms with Crippen molar-refractivity contribution in [1.82, 2.24) is 0 Å². The van der Waals surface area contributed by atoms with E-state index in [2.05, 4.69) is 78.9 Å². The van der Waals surface area contributed by atoms with Gasteiger partial charge in [0.05, 0.1) is 18.9 Å². The lowest BCUT2D eigenvalue weighted by Gasteiger charge is -2.45. The molecule has 0 radical (unpaired) electrons. The van der Waals surface area contributed by atoms with Crippen LogP contribution in [0.5, 0.6) is 0 Å². The van der Waals surface area contributed by atoms with E-state index >= 15 is 0 Å². The van der Waals surface area contributed by atoms with Gasteiger partial charge in [-0.1, -0.05) is 6.92 Å². The lowest BCUT2D eigenvalue weighted by molar-refractivity contribution is 0.0590. The molecule has 1 heterocycles. The van der Waals surface area contributed by atoms with Crippen LogP contribution < -0.4 is 0 Å². The van der Waals surface area contributed by atoms with Crippen LogP contribution >= 0.6 is 0 Å². The standard InChI is InChI=1S/C22H58O10Si7/c1-16-22(27-20-21-19-26-21)38(15,29-33(5)28-34(6,7)8)32-36(12,13)31-37(14,30-35(9,10)11)17-18-39(23-2,24-3)25-4/h21-22,33H,16-20H2,1-15H3. The SMILES string of the molecule is CCC(OCC1CO1)[Si](C)(O[SiH](C)O[Si](C)(C)C)O[Si](C)(C)O[Si](C)(CC[Si](OC)(OC)OC)O[Si](C)(C)C. The van der Waals surface area contributed by atoms with Crippen LogP contribution in [0, 0.1) is 0 Å². The molecule has 0 saturated carbocycles. The smallest absolute Gasteiger partial charge is 0.439 e. The summed E-state index contributed by atoms with van der Waals surface area (Å²) in [4.78, 5) is 0. The minimum atomic E-state index is -2.92. The van der Waals surface area contributed by atoms with E-state index in [1.165, 1.54) is 0 Å². The van der Waals surface area contributed by atoms with Gasteiger partial charge in [0.2, 0.25) is 0 Å². The predicted octanol–water partition coefficient (Wildman–Crippen LogP) is 5.05. The van der Waals surface area contributed by atoms with Gasteiger partial charge in [-0.05, 0) is 84.5 Å². The second-order valence-electron chi connectivity index (χ2n) is 12.9. The first kappa shape index (κ1) is 38.1. The normalized spacial score (nSPS) is 21.8. The van der Waals surface area contributed by atoms with Crippen molar-refractivity contribution in [3.63, 3.8) is 0 Å². The molecule has 0 bridgehead atoms. The molecule has 0 aliphatic carbocycles. The van der Waals surface area contributed by atoms with E-state index in [1.807, 2.05) is 0 Å². The molecule has 0 N–H and O–H groups in total. The van der Waals surface area contributed by atoms with Crippen LogP contribution in [0.15, 0.2) is 0 Å². The lowest BCUT2D eigenvalue weighted by Crippen LogP contribution is -2.64. The van der Waals surface area contributed by atoms with Crippen molar-refractivity contribution in [2.75, 3.05) is 34.5 Å². The minimum Gasteiger partial charge on any atom is -0.439 e. The number of epoxide rings is 1. The van der Waals surface area contributed by atoms with Gasteiger partial charge in [0.1, 0.15) is 6.10 Å². The van der Waals surface area contributed by atoms with E-state index in [4.69, 9.17) is 43.3 Å². The van der Waals surface area contributed by atoms with Crippen molar-refractivity contribution in [2.45, 2.75) is 109 Å². The van der Waals surface area contributed by atoms with Crippen LogP contribution in [-0.2, 0) is 43.3 Å². The molecule has 1 saturated heterocycles. The van der Waals surface area contributed by atoms with Crippen LogP contribution in [0.3, 0.4) is 0 Å². The first-order valence-corrected chi connectivity index (χ1v) is 32.6. The molecule has 5 unspecified atom stereocenters. The average molecular weight is 679 g/mol. The predicted molar refractivity (Wildman–Crippen MR) is 172 cm³/mol. The Morgan fingerprint density at radius 3 is 1.72 bits per heavy atom. The van der Waals surface area contributed by atoms with Crippen molar-refractivity contribution in [2.24, 2.45) is 0 Å². The highest BCUT2D eigenvalue weighted by Crippen LogP contribution is 2.33. The van der Waals surface area contributed by atoms with Crippen molar-refractivity contribution >= 4 is 60.4 Å². The molecule has 1 rings (SSSR count). The summed E-state index contributed by atoms with van der Waals surface area (Å²) < 4.78 is 63.0. The highest BCUT2D eigenvalue weighted by atomic mass is 28.5. The van der Waals surface area contributed by atoms with Gasteiger partial charge in [0, 0.05) is 27.4 Å². The molecule has 1 fully saturated rings. The van der Waals surface area contributed by atoms with Crippen molar-refractivity contribution in [1.29, 1.82) is 0 Å². The van der Waals surface area contributed by atoms with E-state index < -0.39 is 60.4 Å². The van der Waals surface area contributed by atoms with E-state index in [0.717, 1.165) is 13.0 Å². The molecule has 0 spiro atoms. The van der Waals surface area contributed by atoms with Crippen LogP contribution in [0.4, 0.5) is 0 Å². The van der Waals surface area contributed by atoms with Crippen LogP contribution in [-0.4, -0.2) is 107 Å². The molecule has 0 aromatic heterocycles. The largest absolute Gasteiger partial charge is 0.500 e. The Hall–Kier alpha value is 1.12. The van der Waals surface area contributed by atoms with Gasteiger partial charge < -0.3 is 43.3 Å². The van der Waals surface area contributed by atoms with Gasteiger partial charge in [0.25, 0.3) is 9.28 Å². The monoisotopic (exact) mass is 678 g/mol. The van der Waals surface area contributed by atoms with Crippen LogP contribution in [0.25, 0.3) is 0 Å². The van der Waals surface area contributed by atoms with Crippen LogP contribution in [0.1, 0.15) is 13.3 Å². The van der Waals surface area contributed by atoms with Gasteiger partial charge in [-0.3, -0.25) is 0 Å². The minimum absolute atomic E-state index is 0.166. The third-order valence-corrected chi connectivity index (χ3v) is 31.0. The Morgan fingerprint density at radius 1 is 0.769 bits per heavy atom. The number of hydrogen-bond acceptors (Lipinski definition) is 10. The van der Waals surface area contributed by atoms with E-state index in [0.29, 0.717) is 18.7 Å². The summed E-state index contributed by atoms with van der Waals surface area (Å²) in [6.07, 6.45) is 0.942. The maximum atomic E-state index is 7.06. The Kier molecular flexibility index (Phi) is 14.9. The molecule has 39 heavy (non-hydrogen) atoms. The number of hydrogen-bond donors (Lipinski definition) is 0. The molecule has 1 aliphatic rings. The topological polar surface area (TPSA) is 95.6 Å². The first-order chi connectivity index (χ1) is 17.6. The maximum Gasteiger partial charge on any atom is 0.500 e. The number of ether oxygens (including phenoxy) is 2. The maximum absolute atomic E-state index is 7.06. The summed E-state index contributed by atoms with van der Waals surface area (Å²) in [5, 5.41) is 0. The second kappa shape index (κ2) is 15.2. The Bertz CT molecular complexity index is 723. The molecule has 234 valence electrons. The third kappa shape index (κ3) is 14.4. The fourth-order valence-electron chi connectivity index (χ4n) is 4.78. The van der Waals surface area contributed by atoms with E-state index in [9.17, 15) is 0 Å². The van der Waals surface area contributed by atoms with Crippen LogP contribution in [0.2, 0.25) is 84.1 Å². The Balaban J connectivity index is 3.26. The zero-order valence-electron chi connectivity index (χ0n) is 27.4. The first-order valence-electron chi connectivity index (χ1n) is 14.0. The zero-order chi connectivity index (χ0) is 30.3. The van der Waals surface area contributed by atoms with E-state index in [-0.39, 0.29) is 11.8 Å². The molecule has 0 aromatic rings. The molecule has 17 heteroatoms. The molecule has 10 nitrogen and oxygen atoms in total. The zero-order valence-corrected chi connectivity index (χ0v) is 34.5. The summed E-state index contributed by atoms with van der Waals surface area (Å²) >= 11 is 0. The van der Waals surface area contributed by atoms with Crippen molar-refractivity contribution in [3.05, 3.63) is 0 Å². The third-order valence-electron chi connectivity index (χ3n) is 6.01. The van der Waals surface area contributed by atoms with E-state index in [1.54, 1.807) is 21.3 Å². The molecule has 0 amide bonds. The summed E-state index contributed by atoms with van der Waals surface area (Å²) in [6, 6.07) is 1.28. The fourth-order valence-corrected chi connectivity index (χ4v) is 34.2. The Labute approximate surface area is 246 Å². The summed E-state index contributed by atoms with van der Waals surface area (Å²) in [7, 11) is -12.0. The lowest BCUT2D eigenvalue weighted by atomic mass is 10.5. The summed E-state index contributed by atoms with van der Waals surface area (Å²) in [6.45, 7) is 27.1. The second-order valence-corrected chi connectivity index (χ2v) is 38.1. The van der Waals surface area contributed by atoms with Gasteiger partial charge >= 0.3 is 34.5 Å². The molecular weight excluding hydrogens is 621 g/mol. The molecule has 5 atom stereocenters. The fraction of sp³-hybridized carbons (Fsp3) is 1.00. The van der Waals surface area contributed by atoms with Gasteiger partial charge in [-0.15, -0.1) is 0 Å². The van der Waals surface area contributed by atoms with Crippen molar-refractivity contribution < 1.29 is 43.3 Å².